The van der Waals surface area contributed by atoms with Crippen LogP contribution in [-0.4, -0.2) is 18.9 Å². The minimum Gasteiger partial charge on any atom is -0.438 e. The van der Waals surface area contributed by atoms with E-state index in [4.69, 9.17) is 9.40 Å². The Morgan fingerprint density at radius 3 is 2.79 bits per heavy atom. The lowest BCUT2D eigenvalue weighted by Crippen LogP contribution is -1.87. The zero-order valence-electron chi connectivity index (χ0n) is 12.9. The van der Waals surface area contributed by atoms with Gasteiger partial charge in [-0.25, -0.2) is 9.97 Å². The van der Waals surface area contributed by atoms with Crippen molar-refractivity contribution in [3.05, 3.63) is 54.7 Å². The Kier molecular flexibility index (Phi) is 1.99. The molecule has 114 valence electrons. The SMILES string of the molecule is Cn1c2cc3oc4ncccc4c3cc2n2c3ccccc3nc12. The number of hydrogen-bond donors (Lipinski definition) is 0. The first-order valence-electron chi connectivity index (χ1n) is 7.84. The molecule has 4 aromatic heterocycles. The van der Waals surface area contributed by atoms with Gasteiger partial charge in [-0.1, -0.05) is 12.1 Å². The molecular formula is C19H12N4O. The van der Waals surface area contributed by atoms with Crippen molar-refractivity contribution in [3.63, 3.8) is 0 Å². The first kappa shape index (κ1) is 12.1. The van der Waals surface area contributed by atoms with Gasteiger partial charge in [0, 0.05) is 30.1 Å². The normalized spacial score (nSPS) is 12.4. The number of pyridine rings is 1. The molecular weight excluding hydrogens is 300 g/mol. The molecule has 5 nitrogen and oxygen atoms in total. The Bertz CT molecular complexity index is 1420. The van der Waals surface area contributed by atoms with Gasteiger partial charge in [-0.2, -0.15) is 0 Å². The summed E-state index contributed by atoms with van der Waals surface area (Å²) < 4.78 is 10.2. The summed E-state index contributed by atoms with van der Waals surface area (Å²) in [6, 6.07) is 16.5. The van der Waals surface area contributed by atoms with Crippen molar-refractivity contribution in [1.82, 2.24) is 18.9 Å². The molecule has 6 rings (SSSR count). The van der Waals surface area contributed by atoms with Gasteiger partial charge in [-0.3, -0.25) is 4.40 Å². The van der Waals surface area contributed by atoms with Crippen molar-refractivity contribution in [2.45, 2.75) is 0 Å². The molecule has 0 radical (unpaired) electrons. The highest BCUT2D eigenvalue weighted by Crippen LogP contribution is 2.33. The second-order valence-electron chi connectivity index (χ2n) is 6.09. The van der Waals surface area contributed by atoms with Gasteiger partial charge in [0.25, 0.3) is 0 Å². The quantitative estimate of drug-likeness (QED) is 0.421. The van der Waals surface area contributed by atoms with Crippen molar-refractivity contribution < 1.29 is 4.42 Å². The molecule has 5 heteroatoms. The van der Waals surface area contributed by atoms with Gasteiger partial charge in [-0.05, 0) is 30.3 Å². The van der Waals surface area contributed by atoms with Crippen LogP contribution in [-0.2, 0) is 7.05 Å². The van der Waals surface area contributed by atoms with E-state index in [1.54, 1.807) is 6.20 Å². The predicted molar refractivity (Wildman–Crippen MR) is 94.2 cm³/mol. The standard InChI is InChI=1S/C19H12N4O/c1-22-15-10-17-12(11-5-4-8-20-18(11)24-17)9-16(15)23-14-7-3-2-6-13(14)21-19(22)23/h2-10H,1H3. The summed E-state index contributed by atoms with van der Waals surface area (Å²) >= 11 is 0. The number of nitrogens with zero attached hydrogens (tertiary/aromatic N) is 4. The van der Waals surface area contributed by atoms with Crippen LogP contribution in [0.3, 0.4) is 0 Å². The summed E-state index contributed by atoms with van der Waals surface area (Å²) in [5.74, 6) is 0.932. The number of furan rings is 1. The zero-order chi connectivity index (χ0) is 15.8. The van der Waals surface area contributed by atoms with Gasteiger partial charge in [0.1, 0.15) is 5.58 Å². The van der Waals surface area contributed by atoms with Crippen LogP contribution in [0.15, 0.2) is 59.1 Å². The first-order valence-corrected chi connectivity index (χ1v) is 7.84. The number of para-hydroxylation sites is 2. The number of aromatic nitrogens is 4. The fraction of sp³-hybridized carbons (Fsp3) is 0.0526. The third-order valence-electron chi connectivity index (χ3n) is 4.79. The van der Waals surface area contributed by atoms with Gasteiger partial charge in [-0.15, -0.1) is 0 Å². The summed E-state index contributed by atoms with van der Waals surface area (Å²) in [6.45, 7) is 0. The van der Waals surface area contributed by atoms with Crippen LogP contribution in [0.5, 0.6) is 0 Å². The Morgan fingerprint density at radius 2 is 1.83 bits per heavy atom. The molecule has 0 unspecified atom stereocenters. The van der Waals surface area contributed by atoms with E-state index >= 15 is 0 Å². The highest BCUT2D eigenvalue weighted by molar-refractivity contribution is 6.09. The molecule has 24 heavy (non-hydrogen) atoms. The maximum absolute atomic E-state index is 5.92. The summed E-state index contributed by atoms with van der Waals surface area (Å²) in [5.41, 5.74) is 5.86. The molecule has 4 heterocycles. The first-order chi connectivity index (χ1) is 11.8. The lowest BCUT2D eigenvalue weighted by Gasteiger charge is -1.96. The molecule has 0 saturated heterocycles. The van der Waals surface area contributed by atoms with Crippen molar-refractivity contribution >= 4 is 49.9 Å². The molecule has 0 N–H and O–H groups in total. The highest BCUT2D eigenvalue weighted by Gasteiger charge is 2.16. The molecule has 0 amide bonds. The van der Waals surface area contributed by atoms with Crippen LogP contribution in [0.25, 0.3) is 49.9 Å². The van der Waals surface area contributed by atoms with Crippen LogP contribution >= 0.6 is 0 Å². The molecule has 2 aromatic carbocycles. The maximum Gasteiger partial charge on any atom is 0.227 e. The van der Waals surface area contributed by atoms with Gasteiger partial charge in [0.15, 0.2) is 0 Å². The summed E-state index contributed by atoms with van der Waals surface area (Å²) in [7, 11) is 2.04. The van der Waals surface area contributed by atoms with E-state index in [2.05, 4.69) is 32.2 Å². The van der Waals surface area contributed by atoms with Crippen LogP contribution in [0.4, 0.5) is 0 Å². The largest absolute Gasteiger partial charge is 0.438 e. The van der Waals surface area contributed by atoms with Crippen molar-refractivity contribution in [2.75, 3.05) is 0 Å². The molecule has 0 aliphatic rings. The third-order valence-corrected chi connectivity index (χ3v) is 4.79. The number of aryl methyl sites for hydroxylation is 1. The number of hydrogen-bond acceptors (Lipinski definition) is 3. The second kappa shape index (κ2) is 3.94. The molecule has 0 atom stereocenters. The third kappa shape index (κ3) is 1.31. The lowest BCUT2D eigenvalue weighted by molar-refractivity contribution is 0.654. The average molecular weight is 312 g/mol. The van der Waals surface area contributed by atoms with Gasteiger partial charge in [0.05, 0.1) is 22.1 Å². The molecule has 0 aliphatic carbocycles. The van der Waals surface area contributed by atoms with Crippen molar-refractivity contribution in [1.29, 1.82) is 0 Å². The monoisotopic (exact) mass is 312 g/mol. The fourth-order valence-corrected chi connectivity index (χ4v) is 3.67. The van der Waals surface area contributed by atoms with E-state index in [0.717, 1.165) is 44.2 Å². The molecule has 6 aromatic rings. The lowest BCUT2D eigenvalue weighted by atomic mass is 10.2. The second-order valence-corrected chi connectivity index (χ2v) is 6.09. The van der Waals surface area contributed by atoms with Crippen LogP contribution in [0.1, 0.15) is 0 Å². The Morgan fingerprint density at radius 1 is 0.917 bits per heavy atom. The fourth-order valence-electron chi connectivity index (χ4n) is 3.67. The zero-order valence-corrected chi connectivity index (χ0v) is 12.9. The van der Waals surface area contributed by atoms with E-state index in [9.17, 15) is 0 Å². The molecule has 0 fully saturated rings. The Balaban J connectivity index is 1.91. The minimum atomic E-state index is 0.675. The molecule has 0 saturated carbocycles. The van der Waals surface area contributed by atoms with Crippen LogP contribution in [0, 0.1) is 0 Å². The van der Waals surface area contributed by atoms with E-state index in [0.29, 0.717) is 5.71 Å². The highest BCUT2D eigenvalue weighted by atomic mass is 16.3. The summed E-state index contributed by atoms with van der Waals surface area (Å²) in [5, 5.41) is 2.12. The summed E-state index contributed by atoms with van der Waals surface area (Å²) in [6.07, 6.45) is 1.76. The smallest absolute Gasteiger partial charge is 0.227 e. The van der Waals surface area contributed by atoms with E-state index in [-0.39, 0.29) is 0 Å². The van der Waals surface area contributed by atoms with Gasteiger partial charge < -0.3 is 8.98 Å². The number of imidazole rings is 2. The van der Waals surface area contributed by atoms with Crippen molar-refractivity contribution in [2.24, 2.45) is 7.05 Å². The van der Waals surface area contributed by atoms with Gasteiger partial charge >= 0.3 is 0 Å². The number of rotatable bonds is 0. The van der Waals surface area contributed by atoms with Gasteiger partial charge in [0.2, 0.25) is 11.5 Å². The van der Waals surface area contributed by atoms with E-state index < -0.39 is 0 Å². The van der Waals surface area contributed by atoms with Crippen LogP contribution in [0.2, 0.25) is 0 Å². The molecule has 0 aliphatic heterocycles. The molecule has 0 spiro atoms. The Hall–Kier alpha value is -3.34. The minimum absolute atomic E-state index is 0.675. The van der Waals surface area contributed by atoms with Crippen molar-refractivity contribution in [3.8, 4) is 0 Å². The predicted octanol–water partition coefficient (Wildman–Crippen LogP) is 4.27. The van der Waals surface area contributed by atoms with Crippen LogP contribution < -0.4 is 0 Å². The molecule has 0 bridgehead atoms. The maximum atomic E-state index is 5.92. The topological polar surface area (TPSA) is 48.3 Å². The van der Waals surface area contributed by atoms with E-state index in [1.807, 2.05) is 37.4 Å². The van der Waals surface area contributed by atoms with E-state index in [1.165, 1.54) is 0 Å². The Labute approximate surface area is 135 Å². The summed E-state index contributed by atoms with van der Waals surface area (Å²) in [4.78, 5) is 9.10. The average Bonchev–Trinajstić information content (AvgIpc) is 3.24. The number of fused-ring (bicyclic) bond motifs is 8. The number of benzene rings is 2.